The van der Waals surface area contributed by atoms with Crippen LogP contribution in [0.3, 0.4) is 0 Å². The van der Waals surface area contributed by atoms with Crippen molar-refractivity contribution >= 4 is 0 Å². The van der Waals surface area contributed by atoms with Crippen LogP contribution in [0.1, 0.15) is 40.0 Å². The van der Waals surface area contributed by atoms with E-state index in [0.29, 0.717) is 12.1 Å². The first-order chi connectivity index (χ1) is 5.63. The highest BCUT2D eigenvalue weighted by atomic mass is 15.1. The summed E-state index contributed by atoms with van der Waals surface area (Å²) in [6.45, 7) is 7.75. The Morgan fingerprint density at radius 1 is 1.33 bits per heavy atom. The van der Waals surface area contributed by atoms with E-state index >= 15 is 0 Å². The van der Waals surface area contributed by atoms with Gasteiger partial charge in [0.1, 0.15) is 0 Å². The zero-order chi connectivity index (χ0) is 9.56. The van der Waals surface area contributed by atoms with Gasteiger partial charge in [-0.1, -0.05) is 20.3 Å². The van der Waals surface area contributed by atoms with E-state index in [1.807, 2.05) is 0 Å². The molecule has 0 amide bonds. The van der Waals surface area contributed by atoms with Gasteiger partial charge in [0.05, 0.1) is 0 Å². The lowest BCUT2D eigenvalue weighted by atomic mass is 10.1. The topological polar surface area (TPSA) is 29.3 Å². The fourth-order valence-corrected chi connectivity index (χ4v) is 1.28. The monoisotopic (exact) mass is 172 g/mol. The fourth-order valence-electron chi connectivity index (χ4n) is 1.28. The summed E-state index contributed by atoms with van der Waals surface area (Å²) in [5, 5.41) is 0. The van der Waals surface area contributed by atoms with E-state index in [9.17, 15) is 0 Å². The molecule has 0 aromatic heterocycles. The standard InChI is InChI=1S/C10H24N2/c1-5-7-8-12(4)9(3)10(11)6-2/h9-10H,5-8,11H2,1-4H3. The molecule has 0 aliphatic carbocycles. The van der Waals surface area contributed by atoms with E-state index in [1.165, 1.54) is 19.4 Å². The van der Waals surface area contributed by atoms with Crippen LogP contribution in [0, 0.1) is 0 Å². The molecule has 2 nitrogen and oxygen atoms in total. The summed E-state index contributed by atoms with van der Waals surface area (Å²) in [5.74, 6) is 0. The minimum Gasteiger partial charge on any atom is -0.326 e. The summed E-state index contributed by atoms with van der Waals surface area (Å²) in [5.41, 5.74) is 5.95. The summed E-state index contributed by atoms with van der Waals surface area (Å²) in [6.07, 6.45) is 3.60. The van der Waals surface area contributed by atoms with E-state index in [0.717, 1.165) is 6.42 Å². The molecule has 0 radical (unpaired) electrons. The van der Waals surface area contributed by atoms with Crippen molar-refractivity contribution in [1.82, 2.24) is 4.90 Å². The molecule has 2 unspecified atom stereocenters. The first-order valence-electron chi connectivity index (χ1n) is 5.09. The van der Waals surface area contributed by atoms with Crippen LogP contribution >= 0.6 is 0 Å². The Morgan fingerprint density at radius 3 is 2.33 bits per heavy atom. The van der Waals surface area contributed by atoms with Gasteiger partial charge in [0.15, 0.2) is 0 Å². The average molecular weight is 172 g/mol. The third-order valence-corrected chi connectivity index (χ3v) is 2.65. The Balaban J connectivity index is 3.67. The highest BCUT2D eigenvalue weighted by molar-refractivity contribution is 4.74. The maximum absolute atomic E-state index is 5.95. The number of likely N-dealkylation sites (N-methyl/N-ethyl adjacent to an activating group) is 1. The first kappa shape index (κ1) is 11.9. The Labute approximate surface area is 77.1 Å². The van der Waals surface area contributed by atoms with E-state index in [2.05, 4.69) is 32.7 Å². The van der Waals surface area contributed by atoms with Gasteiger partial charge in [-0.3, -0.25) is 0 Å². The molecule has 0 aromatic rings. The molecule has 0 aromatic carbocycles. The molecule has 12 heavy (non-hydrogen) atoms. The van der Waals surface area contributed by atoms with Gasteiger partial charge in [-0.05, 0) is 33.4 Å². The third-order valence-electron chi connectivity index (χ3n) is 2.65. The predicted octanol–water partition coefficient (Wildman–Crippen LogP) is 1.84. The van der Waals surface area contributed by atoms with Crippen LogP contribution in [0.5, 0.6) is 0 Å². The molecule has 0 saturated carbocycles. The Hall–Kier alpha value is -0.0800. The van der Waals surface area contributed by atoms with Crippen molar-refractivity contribution in [3.63, 3.8) is 0 Å². The zero-order valence-corrected chi connectivity index (χ0v) is 9.01. The number of hydrogen-bond donors (Lipinski definition) is 1. The van der Waals surface area contributed by atoms with Crippen molar-refractivity contribution < 1.29 is 0 Å². The maximum atomic E-state index is 5.95. The summed E-state index contributed by atoms with van der Waals surface area (Å²) >= 11 is 0. The zero-order valence-electron chi connectivity index (χ0n) is 9.01. The lowest BCUT2D eigenvalue weighted by Crippen LogP contribution is -2.43. The highest BCUT2D eigenvalue weighted by Gasteiger charge is 2.14. The van der Waals surface area contributed by atoms with Crippen LogP contribution in [0.4, 0.5) is 0 Å². The van der Waals surface area contributed by atoms with Crippen molar-refractivity contribution in [3.8, 4) is 0 Å². The summed E-state index contributed by atoms with van der Waals surface area (Å²) < 4.78 is 0. The van der Waals surface area contributed by atoms with Crippen LogP contribution in [0.2, 0.25) is 0 Å². The van der Waals surface area contributed by atoms with Crippen LogP contribution in [-0.2, 0) is 0 Å². The fraction of sp³-hybridized carbons (Fsp3) is 1.00. The largest absolute Gasteiger partial charge is 0.326 e. The molecule has 0 aliphatic rings. The second-order valence-electron chi connectivity index (χ2n) is 3.65. The molecule has 2 N–H and O–H groups in total. The van der Waals surface area contributed by atoms with Gasteiger partial charge in [-0.2, -0.15) is 0 Å². The summed E-state index contributed by atoms with van der Waals surface area (Å²) in [7, 11) is 2.16. The number of nitrogens with zero attached hydrogens (tertiary/aromatic N) is 1. The second-order valence-corrected chi connectivity index (χ2v) is 3.65. The lowest BCUT2D eigenvalue weighted by Gasteiger charge is -2.28. The number of rotatable bonds is 6. The number of unbranched alkanes of at least 4 members (excludes halogenated alkanes) is 1. The molecule has 74 valence electrons. The van der Waals surface area contributed by atoms with Gasteiger partial charge in [0.2, 0.25) is 0 Å². The third kappa shape index (κ3) is 4.07. The van der Waals surface area contributed by atoms with Gasteiger partial charge in [0.25, 0.3) is 0 Å². The molecule has 0 fully saturated rings. The molecular formula is C10H24N2. The van der Waals surface area contributed by atoms with Crippen LogP contribution < -0.4 is 5.73 Å². The Morgan fingerprint density at radius 2 is 1.92 bits per heavy atom. The van der Waals surface area contributed by atoms with Crippen LogP contribution in [0.15, 0.2) is 0 Å². The van der Waals surface area contributed by atoms with Gasteiger partial charge in [-0.15, -0.1) is 0 Å². The quantitative estimate of drug-likeness (QED) is 0.662. The maximum Gasteiger partial charge on any atom is 0.0215 e. The van der Waals surface area contributed by atoms with E-state index in [4.69, 9.17) is 5.73 Å². The minimum atomic E-state index is 0.326. The molecule has 2 atom stereocenters. The Kier molecular flexibility index (Phi) is 6.39. The van der Waals surface area contributed by atoms with Crippen LogP contribution in [0.25, 0.3) is 0 Å². The average Bonchev–Trinajstić information content (AvgIpc) is 2.11. The number of nitrogens with two attached hydrogens (primary N) is 1. The molecular weight excluding hydrogens is 148 g/mol. The molecule has 0 saturated heterocycles. The van der Waals surface area contributed by atoms with Crippen molar-refractivity contribution in [3.05, 3.63) is 0 Å². The van der Waals surface area contributed by atoms with E-state index in [1.54, 1.807) is 0 Å². The smallest absolute Gasteiger partial charge is 0.0215 e. The van der Waals surface area contributed by atoms with Crippen molar-refractivity contribution in [2.24, 2.45) is 5.73 Å². The van der Waals surface area contributed by atoms with Gasteiger partial charge >= 0.3 is 0 Å². The van der Waals surface area contributed by atoms with Crippen molar-refractivity contribution in [2.75, 3.05) is 13.6 Å². The number of hydrogen-bond acceptors (Lipinski definition) is 2. The molecule has 0 bridgehead atoms. The van der Waals surface area contributed by atoms with Crippen molar-refractivity contribution in [2.45, 2.75) is 52.1 Å². The summed E-state index contributed by atoms with van der Waals surface area (Å²) in [6, 6.07) is 0.841. The molecule has 0 spiro atoms. The SMILES string of the molecule is CCCCN(C)C(C)C(N)CC. The Bertz CT molecular complexity index is 104. The predicted molar refractivity (Wildman–Crippen MR) is 55.3 cm³/mol. The molecule has 2 heteroatoms. The van der Waals surface area contributed by atoms with Gasteiger partial charge < -0.3 is 10.6 Å². The second kappa shape index (κ2) is 6.44. The highest BCUT2D eigenvalue weighted by Crippen LogP contribution is 2.04. The lowest BCUT2D eigenvalue weighted by molar-refractivity contribution is 0.220. The first-order valence-corrected chi connectivity index (χ1v) is 5.09. The van der Waals surface area contributed by atoms with E-state index in [-0.39, 0.29) is 0 Å². The van der Waals surface area contributed by atoms with E-state index < -0.39 is 0 Å². The minimum absolute atomic E-state index is 0.326. The molecule has 0 aliphatic heterocycles. The van der Waals surface area contributed by atoms with Gasteiger partial charge in [0, 0.05) is 12.1 Å². The molecule has 0 rings (SSSR count). The van der Waals surface area contributed by atoms with Crippen LogP contribution in [-0.4, -0.2) is 30.6 Å². The van der Waals surface area contributed by atoms with Crippen molar-refractivity contribution in [1.29, 1.82) is 0 Å². The normalized spacial score (nSPS) is 16.5. The van der Waals surface area contributed by atoms with Gasteiger partial charge in [-0.25, -0.2) is 0 Å². The summed E-state index contributed by atoms with van der Waals surface area (Å²) in [4.78, 5) is 2.36. The molecule has 0 heterocycles.